The van der Waals surface area contributed by atoms with Gasteiger partial charge in [-0.05, 0) is 31.4 Å². The second-order valence-electron chi connectivity index (χ2n) is 5.30. The van der Waals surface area contributed by atoms with Crippen LogP contribution in [0, 0.1) is 6.92 Å². The van der Waals surface area contributed by atoms with Crippen molar-refractivity contribution in [1.29, 1.82) is 0 Å². The lowest BCUT2D eigenvalue weighted by Crippen LogP contribution is -2.43. The summed E-state index contributed by atoms with van der Waals surface area (Å²) in [6.07, 6.45) is 2.18. The molecule has 0 saturated carbocycles. The molecule has 1 aromatic carbocycles. The van der Waals surface area contributed by atoms with E-state index in [2.05, 4.69) is 55.1 Å². The molecule has 20 heavy (non-hydrogen) atoms. The highest BCUT2D eigenvalue weighted by atomic mass is 79.9. The summed E-state index contributed by atoms with van der Waals surface area (Å²) in [5, 5.41) is 7.34. The lowest BCUT2D eigenvalue weighted by atomic mass is 10.1. The predicted molar refractivity (Wildman–Crippen MR) is 83.7 cm³/mol. The van der Waals surface area contributed by atoms with Crippen LogP contribution >= 0.6 is 15.9 Å². The van der Waals surface area contributed by atoms with E-state index in [1.165, 1.54) is 5.56 Å². The van der Waals surface area contributed by atoms with Crippen LogP contribution in [0.3, 0.4) is 0 Å². The van der Waals surface area contributed by atoms with Gasteiger partial charge in [-0.15, -0.1) is 5.10 Å². The van der Waals surface area contributed by atoms with Gasteiger partial charge >= 0.3 is 0 Å². The maximum Gasteiger partial charge on any atom is 0.245 e. The van der Waals surface area contributed by atoms with E-state index >= 15 is 0 Å². The van der Waals surface area contributed by atoms with Gasteiger partial charge < -0.3 is 10.6 Å². The molecule has 1 aromatic heterocycles. The lowest BCUT2D eigenvalue weighted by molar-refractivity contribution is 0.500. The Morgan fingerprint density at radius 3 is 3.05 bits per heavy atom. The van der Waals surface area contributed by atoms with E-state index in [1.54, 1.807) is 0 Å². The lowest BCUT2D eigenvalue weighted by Gasteiger charge is -2.29. The first-order chi connectivity index (χ1) is 9.63. The summed E-state index contributed by atoms with van der Waals surface area (Å²) in [4.78, 5) is 6.74. The number of halogens is 1. The van der Waals surface area contributed by atoms with E-state index in [9.17, 15) is 0 Å². The number of piperidine rings is 1. The Morgan fingerprint density at radius 1 is 1.45 bits per heavy atom. The maximum atomic E-state index is 6.00. The Bertz CT molecular complexity index is 609. The van der Waals surface area contributed by atoms with E-state index in [4.69, 9.17) is 5.73 Å². The van der Waals surface area contributed by atoms with Gasteiger partial charge in [-0.1, -0.05) is 28.1 Å². The molecule has 1 aliphatic rings. The summed E-state index contributed by atoms with van der Waals surface area (Å²) in [5.41, 5.74) is 8.24. The maximum absolute atomic E-state index is 6.00. The molecule has 0 aliphatic carbocycles. The molecule has 6 heteroatoms. The minimum Gasteiger partial charge on any atom is -0.338 e. The molecule has 0 amide bonds. The van der Waals surface area contributed by atoms with Crippen molar-refractivity contribution in [3.05, 3.63) is 28.2 Å². The third kappa shape index (κ3) is 2.71. The van der Waals surface area contributed by atoms with Crippen molar-refractivity contribution in [3.8, 4) is 11.4 Å². The summed E-state index contributed by atoms with van der Waals surface area (Å²) < 4.78 is 1.08. The first-order valence-electron chi connectivity index (χ1n) is 6.83. The average molecular weight is 336 g/mol. The van der Waals surface area contributed by atoms with Gasteiger partial charge in [0.15, 0.2) is 5.82 Å². The Labute approximate surface area is 126 Å². The number of aromatic nitrogens is 3. The molecule has 2 aromatic rings. The van der Waals surface area contributed by atoms with Gasteiger partial charge in [0.05, 0.1) is 0 Å². The van der Waals surface area contributed by atoms with Crippen LogP contribution < -0.4 is 10.6 Å². The number of benzene rings is 1. The average Bonchev–Trinajstić information content (AvgIpc) is 2.92. The molecule has 2 heterocycles. The van der Waals surface area contributed by atoms with E-state index in [-0.39, 0.29) is 6.04 Å². The largest absolute Gasteiger partial charge is 0.338 e. The molecule has 3 rings (SSSR count). The molecule has 106 valence electrons. The Morgan fingerprint density at radius 2 is 2.30 bits per heavy atom. The zero-order chi connectivity index (χ0) is 14.1. The number of rotatable bonds is 2. The fourth-order valence-corrected chi connectivity index (χ4v) is 2.83. The number of H-pyrrole nitrogens is 1. The van der Waals surface area contributed by atoms with Crippen LogP contribution in [-0.4, -0.2) is 34.3 Å². The van der Waals surface area contributed by atoms with Crippen molar-refractivity contribution in [2.75, 3.05) is 18.0 Å². The fraction of sp³-hybridized carbons (Fsp3) is 0.429. The van der Waals surface area contributed by atoms with Crippen LogP contribution in [0.25, 0.3) is 11.4 Å². The molecule has 1 aliphatic heterocycles. The number of hydrogen-bond acceptors (Lipinski definition) is 4. The third-order valence-corrected chi connectivity index (χ3v) is 4.51. The Hall–Kier alpha value is -1.40. The highest BCUT2D eigenvalue weighted by molar-refractivity contribution is 9.10. The molecule has 5 nitrogen and oxygen atoms in total. The van der Waals surface area contributed by atoms with Gasteiger partial charge in [0, 0.05) is 29.2 Å². The normalized spacial score (nSPS) is 19.4. The molecule has 1 saturated heterocycles. The van der Waals surface area contributed by atoms with E-state index in [0.29, 0.717) is 0 Å². The fourth-order valence-electron chi connectivity index (χ4n) is 2.46. The zero-order valence-electron chi connectivity index (χ0n) is 11.4. The molecule has 1 unspecified atom stereocenters. The van der Waals surface area contributed by atoms with Gasteiger partial charge in [0.1, 0.15) is 0 Å². The third-order valence-electron chi connectivity index (χ3n) is 3.66. The molecule has 0 bridgehead atoms. The quantitative estimate of drug-likeness (QED) is 0.884. The highest BCUT2D eigenvalue weighted by Crippen LogP contribution is 2.25. The van der Waals surface area contributed by atoms with E-state index < -0.39 is 0 Å². The Balaban J connectivity index is 1.84. The zero-order valence-corrected chi connectivity index (χ0v) is 13.0. The predicted octanol–water partition coefficient (Wildman–Crippen LogP) is 2.47. The second kappa shape index (κ2) is 5.54. The van der Waals surface area contributed by atoms with Crippen LogP contribution in [-0.2, 0) is 0 Å². The highest BCUT2D eigenvalue weighted by Gasteiger charge is 2.20. The molecule has 1 atom stereocenters. The summed E-state index contributed by atoms with van der Waals surface area (Å²) in [6.45, 7) is 3.87. The van der Waals surface area contributed by atoms with Crippen LogP contribution in [0.4, 0.5) is 5.95 Å². The molecular formula is C14H18BrN5. The van der Waals surface area contributed by atoms with Crippen LogP contribution in [0.5, 0.6) is 0 Å². The van der Waals surface area contributed by atoms with Gasteiger partial charge in [-0.3, -0.25) is 5.10 Å². The molecule has 0 radical (unpaired) electrons. The van der Waals surface area contributed by atoms with Crippen molar-refractivity contribution >= 4 is 21.9 Å². The van der Waals surface area contributed by atoms with Crippen LogP contribution in [0.2, 0.25) is 0 Å². The minimum absolute atomic E-state index is 0.221. The first kappa shape index (κ1) is 13.6. The number of nitrogens with zero attached hydrogens (tertiary/aromatic N) is 3. The number of aromatic amines is 1. The number of anilines is 1. The molecular weight excluding hydrogens is 318 g/mol. The standard InChI is InChI=1S/C14H18BrN5/c1-9-4-5-10(7-12(9)15)13-17-14(19-18-13)20-6-2-3-11(16)8-20/h4-5,7,11H,2-3,6,8,16H2,1H3,(H,17,18,19). The SMILES string of the molecule is Cc1ccc(-c2nc(N3CCCC(N)C3)n[nH]2)cc1Br. The van der Waals surface area contributed by atoms with Crippen molar-refractivity contribution < 1.29 is 0 Å². The van der Waals surface area contributed by atoms with Crippen molar-refractivity contribution in [2.45, 2.75) is 25.8 Å². The van der Waals surface area contributed by atoms with Crippen molar-refractivity contribution in [1.82, 2.24) is 15.2 Å². The van der Waals surface area contributed by atoms with Crippen molar-refractivity contribution in [2.24, 2.45) is 5.73 Å². The minimum atomic E-state index is 0.221. The number of hydrogen-bond donors (Lipinski definition) is 2. The molecule has 3 N–H and O–H groups in total. The first-order valence-corrected chi connectivity index (χ1v) is 7.62. The number of nitrogens with two attached hydrogens (primary N) is 1. The number of aryl methyl sites for hydroxylation is 1. The summed E-state index contributed by atoms with van der Waals surface area (Å²) in [7, 11) is 0. The monoisotopic (exact) mass is 335 g/mol. The van der Waals surface area contributed by atoms with Crippen LogP contribution in [0.15, 0.2) is 22.7 Å². The summed E-state index contributed by atoms with van der Waals surface area (Å²) in [6, 6.07) is 6.39. The van der Waals surface area contributed by atoms with Gasteiger partial charge in [0.2, 0.25) is 5.95 Å². The summed E-state index contributed by atoms with van der Waals surface area (Å²) >= 11 is 3.55. The van der Waals surface area contributed by atoms with Gasteiger partial charge in [-0.25, -0.2) is 0 Å². The smallest absolute Gasteiger partial charge is 0.245 e. The Kier molecular flexibility index (Phi) is 3.76. The van der Waals surface area contributed by atoms with Gasteiger partial charge in [-0.2, -0.15) is 4.98 Å². The van der Waals surface area contributed by atoms with Gasteiger partial charge in [0.25, 0.3) is 0 Å². The second-order valence-corrected chi connectivity index (χ2v) is 6.15. The number of nitrogens with one attached hydrogen (secondary N) is 1. The summed E-state index contributed by atoms with van der Waals surface area (Å²) in [5.74, 6) is 1.53. The van der Waals surface area contributed by atoms with Crippen LogP contribution in [0.1, 0.15) is 18.4 Å². The molecule has 1 fully saturated rings. The van der Waals surface area contributed by atoms with Crippen molar-refractivity contribution in [3.63, 3.8) is 0 Å². The van der Waals surface area contributed by atoms with E-state index in [1.807, 2.05) is 6.07 Å². The topological polar surface area (TPSA) is 70.8 Å². The molecule has 0 spiro atoms. The van der Waals surface area contributed by atoms with E-state index in [0.717, 1.165) is 47.7 Å².